The highest BCUT2D eigenvalue weighted by molar-refractivity contribution is 9.11. The Morgan fingerprint density at radius 2 is 1.74 bits per heavy atom. The molecule has 4 nitrogen and oxygen atoms in total. The molecular formula is C14H10BrNO3. The summed E-state index contributed by atoms with van der Waals surface area (Å²) >= 11 is 3.25. The van der Waals surface area contributed by atoms with E-state index in [4.69, 9.17) is 4.74 Å². The van der Waals surface area contributed by atoms with E-state index in [0.29, 0.717) is 11.5 Å². The van der Waals surface area contributed by atoms with Gasteiger partial charge in [0.05, 0.1) is 4.92 Å². The molecule has 0 bridgehead atoms. The molecule has 0 unspecified atom stereocenters. The molecule has 0 aliphatic heterocycles. The second kappa shape index (κ2) is 6.15. The van der Waals surface area contributed by atoms with Crippen LogP contribution < -0.4 is 4.74 Å². The zero-order valence-corrected chi connectivity index (χ0v) is 11.4. The predicted octanol–water partition coefficient (Wildman–Crippen LogP) is 4.37. The fraction of sp³-hybridized carbons (Fsp3) is 0. The van der Waals surface area contributed by atoms with Crippen molar-refractivity contribution in [1.82, 2.24) is 0 Å². The van der Waals surface area contributed by atoms with Crippen LogP contribution in [0.15, 0.2) is 59.6 Å². The average molecular weight is 320 g/mol. The van der Waals surface area contributed by atoms with Crippen LogP contribution >= 0.6 is 15.9 Å². The van der Waals surface area contributed by atoms with E-state index >= 15 is 0 Å². The molecule has 0 atom stereocenters. The lowest BCUT2D eigenvalue weighted by atomic mass is 10.2. The molecule has 2 aromatic rings. The molecule has 0 aromatic heterocycles. The van der Waals surface area contributed by atoms with Gasteiger partial charge in [0.1, 0.15) is 11.5 Å². The minimum Gasteiger partial charge on any atom is -0.456 e. The van der Waals surface area contributed by atoms with Crippen LogP contribution in [0.3, 0.4) is 0 Å². The molecule has 0 amide bonds. The number of rotatable bonds is 4. The smallest absolute Gasteiger partial charge is 0.269 e. The first-order valence-electron chi connectivity index (χ1n) is 5.49. The number of hydrogen-bond acceptors (Lipinski definition) is 3. The SMILES string of the molecule is O=[N+]([O-])c1ccc(O/C(=C\Br)c2ccccc2)cc1. The predicted molar refractivity (Wildman–Crippen MR) is 77.1 cm³/mol. The Morgan fingerprint density at radius 3 is 2.26 bits per heavy atom. The first kappa shape index (κ1) is 13.3. The molecule has 0 radical (unpaired) electrons. The number of nitrogens with zero attached hydrogens (tertiary/aromatic N) is 1. The van der Waals surface area contributed by atoms with Crippen LogP contribution in [0.2, 0.25) is 0 Å². The molecule has 0 heterocycles. The maximum atomic E-state index is 10.6. The molecule has 96 valence electrons. The fourth-order valence-electron chi connectivity index (χ4n) is 1.51. The minimum atomic E-state index is -0.442. The molecule has 0 aliphatic carbocycles. The summed E-state index contributed by atoms with van der Waals surface area (Å²) in [6, 6.07) is 15.5. The molecule has 0 N–H and O–H groups in total. The maximum absolute atomic E-state index is 10.6. The Labute approximate surface area is 118 Å². The standard InChI is InChI=1S/C14H10BrNO3/c15-10-14(11-4-2-1-3-5-11)19-13-8-6-12(7-9-13)16(17)18/h1-10H/b14-10-. The Hall–Kier alpha value is -2.14. The highest BCUT2D eigenvalue weighted by atomic mass is 79.9. The van der Waals surface area contributed by atoms with Crippen molar-refractivity contribution in [2.45, 2.75) is 0 Å². The van der Waals surface area contributed by atoms with Gasteiger partial charge < -0.3 is 4.74 Å². The zero-order valence-electron chi connectivity index (χ0n) is 9.82. The summed E-state index contributed by atoms with van der Waals surface area (Å²) in [6.45, 7) is 0. The summed E-state index contributed by atoms with van der Waals surface area (Å²) in [4.78, 5) is 11.8. The van der Waals surface area contributed by atoms with Gasteiger partial charge in [-0.15, -0.1) is 0 Å². The van der Waals surface area contributed by atoms with E-state index < -0.39 is 4.92 Å². The number of hydrogen-bond donors (Lipinski definition) is 0. The monoisotopic (exact) mass is 319 g/mol. The van der Waals surface area contributed by atoms with Crippen molar-refractivity contribution < 1.29 is 9.66 Å². The molecule has 0 aliphatic rings. The van der Waals surface area contributed by atoms with Crippen molar-refractivity contribution in [2.24, 2.45) is 0 Å². The summed E-state index contributed by atoms with van der Waals surface area (Å²) < 4.78 is 5.68. The third kappa shape index (κ3) is 3.42. The van der Waals surface area contributed by atoms with E-state index in [9.17, 15) is 10.1 Å². The number of halogens is 1. The van der Waals surface area contributed by atoms with Gasteiger partial charge in [-0.2, -0.15) is 0 Å². The van der Waals surface area contributed by atoms with Gasteiger partial charge in [-0.3, -0.25) is 10.1 Å². The second-order valence-corrected chi connectivity index (χ2v) is 4.15. The third-order valence-corrected chi connectivity index (χ3v) is 2.85. The Bertz CT molecular complexity index is 594. The number of nitro groups is 1. The average Bonchev–Trinajstić information content (AvgIpc) is 2.46. The van der Waals surface area contributed by atoms with Crippen molar-refractivity contribution in [2.75, 3.05) is 0 Å². The Kier molecular flexibility index (Phi) is 4.30. The summed E-state index contributed by atoms with van der Waals surface area (Å²) in [5.41, 5.74) is 0.953. The van der Waals surface area contributed by atoms with E-state index in [2.05, 4.69) is 15.9 Å². The second-order valence-electron chi connectivity index (χ2n) is 3.69. The van der Waals surface area contributed by atoms with Gasteiger partial charge >= 0.3 is 0 Å². The summed E-state index contributed by atoms with van der Waals surface area (Å²) in [6.07, 6.45) is 0. The lowest BCUT2D eigenvalue weighted by Crippen LogP contribution is -1.94. The molecule has 0 saturated carbocycles. The van der Waals surface area contributed by atoms with Crippen LogP contribution in [0.1, 0.15) is 5.56 Å². The summed E-state index contributed by atoms with van der Waals surface area (Å²) in [5, 5.41) is 10.6. The summed E-state index contributed by atoms with van der Waals surface area (Å²) in [7, 11) is 0. The van der Waals surface area contributed by atoms with Crippen molar-refractivity contribution in [3.8, 4) is 5.75 Å². The van der Waals surface area contributed by atoms with Gasteiger partial charge in [0, 0.05) is 22.7 Å². The van der Waals surface area contributed by atoms with Crippen molar-refractivity contribution >= 4 is 27.4 Å². The normalized spacial score (nSPS) is 11.1. The van der Waals surface area contributed by atoms with Gasteiger partial charge in [0.25, 0.3) is 5.69 Å². The molecule has 5 heteroatoms. The molecule has 19 heavy (non-hydrogen) atoms. The molecule has 0 saturated heterocycles. The number of ether oxygens (including phenoxy) is 1. The van der Waals surface area contributed by atoms with Crippen LogP contribution in [-0.4, -0.2) is 4.92 Å². The topological polar surface area (TPSA) is 52.4 Å². The lowest BCUT2D eigenvalue weighted by Gasteiger charge is -2.09. The third-order valence-electron chi connectivity index (χ3n) is 2.43. The molecule has 2 aromatic carbocycles. The first-order chi connectivity index (χ1) is 9.20. The van der Waals surface area contributed by atoms with E-state index in [1.807, 2.05) is 30.3 Å². The highest BCUT2D eigenvalue weighted by Crippen LogP contribution is 2.24. The number of non-ortho nitro benzene ring substituents is 1. The molecule has 2 rings (SSSR count). The highest BCUT2D eigenvalue weighted by Gasteiger charge is 2.07. The van der Waals surface area contributed by atoms with Crippen LogP contribution in [0.25, 0.3) is 5.76 Å². The number of nitro benzene ring substituents is 1. The van der Waals surface area contributed by atoms with Gasteiger partial charge in [-0.1, -0.05) is 46.3 Å². The Morgan fingerprint density at radius 1 is 1.11 bits per heavy atom. The fourth-order valence-corrected chi connectivity index (χ4v) is 1.87. The van der Waals surface area contributed by atoms with E-state index in [0.717, 1.165) is 5.56 Å². The maximum Gasteiger partial charge on any atom is 0.269 e. The number of benzene rings is 2. The van der Waals surface area contributed by atoms with Gasteiger partial charge in [0.2, 0.25) is 0 Å². The largest absolute Gasteiger partial charge is 0.456 e. The van der Waals surface area contributed by atoms with Crippen molar-refractivity contribution in [3.63, 3.8) is 0 Å². The van der Waals surface area contributed by atoms with Crippen LogP contribution in [0.4, 0.5) is 5.69 Å². The Balaban J connectivity index is 2.18. The summed E-state index contributed by atoms with van der Waals surface area (Å²) in [5.74, 6) is 1.18. The quantitative estimate of drug-likeness (QED) is 0.477. The van der Waals surface area contributed by atoms with E-state index in [1.54, 1.807) is 17.1 Å². The minimum absolute atomic E-state index is 0.0384. The van der Waals surface area contributed by atoms with Gasteiger partial charge in [0.15, 0.2) is 0 Å². The molecule has 0 spiro atoms. The van der Waals surface area contributed by atoms with Gasteiger partial charge in [-0.25, -0.2) is 0 Å². The van der Waals surface area contributed by atoms with Crippen LogP contribution in [-0.2, 0) is 0 Å². The van der Waals surface area contributed by atoms with E-state index in [1.165, 1.54) is 12.1 Å². The van der Waals surface area contributed by atoms with Crippen LogP contribution in [0, 0.1) is 10.1 Å². The van der Waals surface area contributed by atoms with E-state index in [-0.39, 0.29) is 5.69 Å². The van der Waals surface area contributed by atoms with Gasteiger partial charge in [-0.05, 0) is 12.1 Å². The van der Waals surface area contributed by atoms with Crippen LogP contribution in [0.5, 0.6) is 5.75 Å². The molecule has 0 fully saturated rings. The van der Waals surface area contributed by atoms with Crippen molar-refractivity contribution in [1.29, 1.82) is 0 Å². The zero-order chi connectivity index (χ0) is 13.7. The first-order valence-corrected chi connectivity index (χ1v) is 6.40. The molecular weight excluding hydrogens is 310 g/mol. The van der Waals surface area contributed by atoms with Crippen molar-refractivity contribution in [3.05, 3.63) is 75.3 Å². The lowest BCUT2D eigenvalue weighted by molar-refractivity contribution is -0.384.